The number of amides is 2. The lowest BCUT2D eigenvalue weighted by molar-refractivity contribution is -0.117. The van der Waals surface area contributed by atoms with Crippen molar-refractivity contribution >= 4 is 17.5 Å². The third-order valence-corrected chi connectivity index (χ3v) is 4.69. The second-order valence-electron chi connectivity index (χ2n) is 7.05. The lowest BCUT2D eigenvalue weighted by atomic mass is 10.1. The smallest absolute Gasteiger partial charge is 0.269 e. The van der Waals surface area contributed by atoms with Crippen molar-refractivity contribution in [3.8, 4) is 0 Å². The molecule has 1 heterocycles. The van der Waals surface area contributed by atoms with Gasteiger partial charge in [0.25, 0.3) is 11.8 Å². The van der Waals surface area contributed by atoms with Gasteiger partial charge in [-0.05, 0) is 62.9 Å². The van der Waals surface area contributed by atoms with E-state index in [-0.39, 0.29) is 23.6 Å². The molecule has 0 atom stereocenters. The van der Waals surface area contributed by atoms with Crippen LogP contribution in [-0.2, 0) is 9.53 Å². The molecule has 2 fully saturated rings. The highest BCUT2D eigenvalue weighted by Crippen LogP contribution is 2.21. The number of nitrogens with one attached hydrogen (secondary N) is 3. The molecule has 5 N–H and O–H groups in total. The molecule has 1 saturated carbocycles. The van der Waals surface area contributed by atoms with E-state index in [2.05, 4.69) is 16.0 Å². The van der Waals surface area contributed by atoms with Crippen LogP contribution in [0.15, 0.2) is 47.3 Å². The zero-order chi connectivity index (χ0) is 19.9. The minimum absolute atomic E-state index is 0.113. The summed E-state index contributed by atoms with van der Waals surface area (Å²) < 4.78 is 5.40. The molecule has 0 radical (unpaired) electrons. The highest BCUT2D eigenvalue weighted by atomic mass is 16.5. The quantitative estimate of drug-likeness (QED) is 0.539. The van der Waals surface area contributed by atoms with E-state index in [0.29, 0.717) is 31.0 Å². The molecule has 1 aliphatic heterocycles. The molecule has 1 aliphatic carbocycles. The molecule has 3 rings (SSSR count). The maximum atomic E-state index is 12.4. The van der Waals surface area contributed by atoms with E-state index in [9.17, 15) is 9.59 Å². The third kappa shape index (κ3) is 5.60. The Balaban J connectivity index is 1.79. The van der Waals surface area contributed by atoms with E-state index in [0.717, 1.165) is 31.4 Å². The standard InChI is InChI=1S/C21H28N4O3/c1-2-23-20(26)15-3-5-16(6-4-15)24-18(13-14-9-11-28-12-10-14)19(22)21(27)25-17-7-8-17/h3-6,13,17,24H,2,7-12,22H2,1H3,(H,23,26)(H,25,27). The summed E-state index contributed by atoms with van der Waals surface area (Å²) in [6.07, 6.45) is 5.59. The van der Waals surface area contributed by atoms with Crippen molar-refractivity contribution in [2.45, 2.75) is 38.6 Å². The Labute approximate surface area is 165 Å². The number of nitrogens with two attached hydrogens (primary N) is 1. The SMILES string of the molecule is CCNC(=O)c1ccc(NC(C=C2CCOCC2)=C(N)C(=O)NC2CC2)cc1. The molecule has 1 saturated heterocycles. The summed E-state index contributed by atoms with van der Waals surface area (Å²) in [4.78, 5) is 24.4. The van der Waals surface area contributed by atoms with Crippen LogP contribution in [0.5, 0.6) is 0 Å². The van der Waals surface area contributed by atoms with Crippen molar-refractivity contribution in [1.82, 2.24) is 10.6 Å². The van der Waals surface area contributed by atoms with Gasteiger partial charge in [0.05, 0.1) is 18.9 Å². The molecule has 1 aromatic carbocycles. The summed E-state index contributed by atoms with van der Waals surface area (Å²) in [5.74, 6) is -0.370. The summed E-state index contributed by atoms with van der Waals surface area (Å²) in [6.45, 7) is 3.81. The van der Waals surface area contributed by atoms with Gasteiger partial charge in [-0.2, -0.15) is 0 Å². The first-order valence-electron chi connectivity index (χ1n) is 9.80. The van der Waals surface area contributed by atoms with Gasteiger partial charge in [-0.1, -0.05) is 5.57 Å². The lowest BCUT2D eigenvalue weighted by Gasteiger charge is -2.17. The van der Waals surface area contributed by atoms with E-state index in [1.807, 2.05) is 13.0 Å². The molecule has 0 aromatic heterocycles. The zero-order valence-corrected chi connectivity index (χ0v) is 16.2. The van der Waals surface area contributed by atoms with Crippen molar-refractivity contribution in [2.24, 2.45) is 5.73 Å². The third-order valence-electron chi connectivity index (χ3n) is 4.69. The minimum Gasteiger partial charge on any atom is -0.393 e. The first kappa shape index (κ1) is 19.9. The first-order chi connectivity index (χ1) is 13.6. The van der Waals surface area contributed by atoms with Crippen LogP contribution in [-0.4, -0.2) is 37.6 Å². The molecule has 0 spiro atoms. The molecule has 1 aromatic rings. The second kappa shape index (κ2) is 9.41. The number of allylic oxidation sites excluding steroid dienone is 1. The Morgan fingerprint density at radius 2 is 1.86 bits per heavy atom. The van der Waals surface area contributed by atoms with E-state index in [1.54, 1.807) is 24.3 Å². The summed E-state index contributed by atoms with van der Waals surface area (Å²) in [5, 5.41) is 8.94. The zero-order valence-electron chi connectivity index (χ0n) is 16.2. The summed E-state index contributed by atoms with van der Waals surface area (Å²) in [5.41, 5.74) is 9.45. The molecular formula is C21H28N4O3. The largest absolute Gasteiger partial charge is 0.393 e. The van der Waals surface area contributed by atoms with Gasteiger partial charge in [0, 0.05) is 23.8 Å². The van der Waals surface area contributed by atoms with Gasteiger partial charge in [0.1, 0.15) is 5.70 Å². The number of hydrogen-bond donors (Lipinski definition) is 4. The monoisotopic (exact) mass is 384 g/mol. The number of anilines is 1. The predicted molar refractivity (Wildman–Crippen MR) is 109 cm³/mol. The van der Waals surface area contributed by atoms with E-state index in [1.165, 1.54) is 5.57 Å². The van der Waals surface area contributed by atoms with Crippen LogP contribution >= 0.6 is 0 Å². The fourth-order valence-corrected chi connectivity index (χ4v) is 2.90. The Bertz CT molecular complexity index is 771. The van der Waals surface area contributed by atoms with Crippen molar-refractivity contribution in [3.63, 3.8) is 0 Å². The van der Waals surface area contributed by atoms with Crippen LogP contribution in [0.25, 0.3) is 0 Å². The fourth-order valence-electron chi connectivity index (χ4n) is 2.90. The van der Waals surface area contributed by atoms with Crippen molar-refractivity contribution < 1.29 is 14.3 Å². The van der Waals surface area contributed by atoms with Gasteiger partial charge in [-0.15, -0.1) is 0 Å². The normalized spacial score (nSPS) is 17.4. The highest BCUT2D eigenvalue weighted by Gasteiger charge is 2.25. The minimum atomic E-state index is -0.257. The van der Waals surface area contributed by atoms with E-state index >= 15 is 0 Å². The van der Waals surface area contributed by atoms with Crippen LogP contribution in [0.2, 0.25) is 0 Å². The maximum Gasteiger partial charge on any atom is 0.269 e. The number of rotatable bonds is 7. The average molecular weight is 384 g/mol. The van der Waals surface area contributed by atoms with Gasteiger partial charge in [0.2, 0.25) is 0 Å². The molecule has 28 heavy (non-hydrogen) atoms. The Morgan fingerprint density at radius 1 is 1.18 bits per heavy atom. The molecule has 7 heteroatoms. The van der Waals surface area contributed by atoms with Crippen molar-refractivity contribution in [2.75, 3.05) is 25.1 Å². The summed E-state index contributed by atoms with van der Waals surface area (Å²) >= 11 is 0. The number of carbonyl (C=O) groups is 2. The van der Waals surface area contributed by atoms with E-state index < -0.39 is 0 Å². The molecule has 0 bridgehead atoms. The maximum absolute atomic E-state index is 12.4. The Hall–Kier alpha value is -2.80. The first-order valence-corrected chi connectivity index (χ1v) is 9.80. The Morgan fingerprint density at radius 3 is 2.46 bits per heavy atom. The van der Waals surface area contributed by atoms with Crippen LogP contribution in [0.3, 0.4) is 0 Å². The van der Waals surface area contributed by atoms with Crippen LogP contribution in [0.4, 0.5) is 5.69 Å². The molecular weight excluding hydrogens is 356 g/mol. The van der Waals surface area contributed by atoms with Crippen LogP contribution in [0.1, 0.15) is 43.0 Å². The van der Waals surface area contributed by atoms with Gasteiger partial charge in [-0.25, -0.2) is 0 Å². The van der Waals surface area contributed by atoms with Gasteiger partial charge >= 0.3 is 0 Å². The number of hydrogen-bond acceptors (Lipinski definition) is 5. The molecule has 0 unspecified atom stereocenters. The predicted octanol–water partition coefficient (Wildman–Crippen LogP) is 2.03. The Kier molecular flexibility index (Phi) is 6.71. The van der Waals surface area contributed by atoms with Gasteiger partial charge < -0.3 is 26.4 Å². The molecule has 7 nitrogen and oxygen atoms in total. The van der Waals surface area contributed by atoms with Crippen molar-refractivity contribution in [3.05, 3.63) is 52.9 Å². The van der Waals surface area contributed by atoms with E-state index in [4.69, 9.17) is 10.5 Å². The number of carbonyl (C=O) groups excluding carboxylic acids is 2. The average Bonchev–Trinajstić information content (AvgIpc) is 3.52. The molecule has 2 amide bonds. The number of ether oxygens (including phenoxy) is 1. The van der Waals surface area contributed by atoms with Crippen molar-refractivity contribution in [1.29, 1.82) is 0 Å². The molecule has 2 aliphatic rings. The summed E-state index contributed by atoms with van der Waals surface area (Å²) in [7, 11) is 0. The van der Waals surface area contributed by atoms with Crippen LogP contribution < -0.4 is 21.7 Å². The van der Waals surface area contributed by atoms with Gasteiger partial charge in [-0.3, -0.25) is 9.59 Å². The number of benzene rings is 1. The topological polar surface area (TPSA) is 105 Å². The fraction of sp³-hybridized carbons (Fsp3) is 0.429. The van der Waals surface area contributed by atoms with Crippen LogP contribution in [0, 0.1) is 0 Å². The second-order valence-corrected chi connectivity index (χ2v) is 7.05. The van der Waals surface area contributed by atoms with Gasteiger partial charge in [0.15, 0.2) is 0 Å². The lowest BCUT2D eigenvalue weighted by Crippen LogP contribution is -2.32. The summed E-state index contributed by atoms with van der Waals surface area (Å²) in [6, 6.07) is 7.33. The highest BCUT2D eigenvalue weighted by molar-refractivity contribution is 5.95. The molecule has 150 valence electrons.